The van der Waals surface area contributed by atoms with Gasteiger partial charge in [-0.2, -0.15) is 0 Å². The maximum absolute atomic E-state index is 12.9. The quantitative estimate of drug-likeness (QED) is 0.0211. The zero-order valence-corrected chi connectivity index (χ0v) is 52.8. The Morgan fingerprint density at radius 1 is 0.392 bits per heavy atom. The number of quaternary nitrogens is 1. The number of ether oxygens (including phenoxy) is 4. The lowest BCUT2D eigenvalue weighted by molar-refractivity contribution is -0.870. The molecule has 0 aliphatic rings. The fourth-order valence-corrected chi connectivity index (χ4v) is 9.95. The van der Waals surface area contributed by atoms with E-state index in [1.165, 1.54) is 231 Å². The Morgan fingerprint density at radius 3 is 1.08 bits per heavy atom. The van der Waals surface area contributed by atoms with Crippen LogP contribution >= 0.6 is 0 Å². The number of esters is 2. The van der Waals surface area contributed by atoms with E-state index in [9.17, 15) is 19.5 Å². The smallest absolute Gasteiger partial charge is 0.361 e. The zero-order valence-electron chi connectivity index (χ0n) is 52.8. The first-order valence-corrected chi connectivity index (χ1v) is 33.8. The van der Waals surface area contributed by atoms with Gasteiger partial charge < -0.3 is 28.5 Å². The van der Waals surface area contributed by atoms with Crippen molar-refractivity contribution < 1.29 is 42.9 Å². The molecule has 0 amide bonds. The van der Waals surface area contributed by atoms with Gasteiger partial charge in [0.1, 0.15) is 13.2 Å². The molecule has 0 aromatic carbocycles. The third-order valence-electron chi connectivity index (χ3n) is 15.1. The van der Waals surface area contributed by atoms with Gasteiger partial charge in [0.15, 0.2) is 6.10 Å². The van der Waals surface area contributed by atoms with Crippen LogP contribution in [0, 0.1) is 0 Å². The lowest BCUT2D eigenvalue weighted by Gasteiger charge is -2.25. The predicted molar refractivity (Wildman–Crippen MR) is 337 cm³/mol. The molecule has 0 aromatic heterocycles. The highest BCUT2D eigenvalue weighted by atomic mass is 16.7. The van der Waals surface area contributed by atoms with Gasteiger partial charge in [-0.25, -0.2) is 4.79 Å². The van der Waals surface area contributed by atoms with Crippen molar-refractivity contribution in [3.05, 3.63) is 48.6 Å². The molecule has 462 valence electrons. The Bertz CT molecular complexity index is 1430. The standard InChI is InChI=1S/C70H129NO8/c1-6-8-10-12-14-16-18-20-22-24-26-28-30-31-32-33-34-35-36-37-39-41-43-45-47-49-51-53-55-57-59-61-68(73)79-66(65-78-70(69(74)75)76-63-62-71(3,4)5)64-77-67(72)60-58-56-54-52-50-48-46-44-42-40-38-29-27-25-23-21-19-17-15-13-11-9-7-2/h8,10,14,16,20,22,26,28,66,70H,6-7,9,11-13,15,17-19,21,23-25,27,29-65H2,1-5H3/p+1/b10-8-,16-14-,22-20-,28-26-. The number of likely N-dealkylation sites (N-methyl/N-ethyl adjacent to an activating group) is 1. The number of unbranched alkanes of at least 4 members (excludes halogenated alkanes) is 40. The first-order valence-electron chi connectivity index (χ1n) is 33.8. The maximum Gasteiger partial charge on any atom is 0.361 e. The second-order valence-electron chi connectivity index (χ2n) is 24.1. The molecule has 0 saturated heterocycles. The highest BCUT2D eigenvalue weighted by molar-refractivity contribution is 5.71. The molecule has 0 aliphatic carbocycles. The summed E-state index contributed by atoms with van der Waals surface area (Å²) in [5.41, 5.74) is 0. The van der Waals surface area contributed by atoms with Gasteiger partial charge in [-0.15, -0.1) is 0 Å². The molecule has 0 spiro atoms. The van der Waals surface area contributed by atoms with Gasteiger partial charge in [-0.1, -0.05) is 306 Å². The van der Waals surface area contributed by atoms with E-state index in [0.29, 0.717) is 17.4 Å². The van der Waals surface area contributed by atoms with Gasteiger partial charge >= 0.3 is 17.9 Å². The Hall–Kier alpha value is -2.75. The van der Waals surface area contributed by atoms with E-state index in [-0.39, 0.29) is 38.2 Å². The zero-order chi connectivity index (χ0) is 57.6. The van der Waals surface area contributed by atoms with Crippen LogP contribution < -0.4 is 0 Å². The first-order chi connectivity index (χ1) is 38.6. The Balaban J connectivity index is 4.09. The number of hydrogen-bond acceptors (Lipinski definition) is 7. The first kappa shape index (κ1) is 76.2. The van der Waals surface area contributed by atoms with Crippen LogP contribution in [0.2, 0.25) is 0 Å². The molecule has 1 N–H and O–H groups in total. The van der Waals surface area contributed by atoms with Crippen LogP contribution in [0.15, 0.2) is 48.6 Å². The van der Waals surface area contributed by atoms with Gasteiger partial charge in [-0.05, 0) is 51.4 Å². The molecule has 0 rings (SSSR count). The number of rotatable bonds is 63. The molecule has 9 nitrogen and oxygen atoms in total. The number of carbonyl (C=O) groups excluding carboxylic acids is 2. The van der Waals surface area contributed by atoms with Crippen LogP contribution in [-0.2, 0) is 33.3 Å². The van der Waals surface area contributed by atoms with E-state index in [4.69, 9.17) is 18.9 Å². The second-order valence-corrected chi connectivity index (χ2v) is 24.1. The molecular weight excluding hydrogens is 983 g/mol. The number of carboxylic acid groups (broad SMARTS) is 1. The van der Waals surface area contributed by atoms with Crippen molar-refractivity contribution in [1.82, 2.24) is 0 Å². The maximum atomic E-state index is 12.9. The number of aliphatic carboxylic acids is 1. The molecule has 9 heteroatoms. The van der Waals surface area contributed by atoms with Crippen LogP contribution in [0.1, 0.15) is 322 Å². The summed E-state index contributed by atoms with van der Waals surface area (Å²) in [5.74, 6) is -1.98. The minimum atomic E-state index is -1.51. The SMILES string of the molecule is CC/C=C\C/C=C\C/C=C\C/C=C\CCCCCCCCCCCCCCCCCCCCC(=O)OC(COC(=O)CCCCCCCCCCCCCCCCCCCCCCCCC)COC(OCC[N+](C)(C)C)C(=O)O. The second kappa shape index (κ2) is 61.3. The molecule has 0 saturated carbocycles. The molecule has 0 fully saturated rings. The Morgan fingerprint density at radius 2 is 0.722 bits per heavy atom. The van der Waals surface area contributed by atoms with Gasteiger partial charge in [0.25, 0.3) is 6.29 Å². The Labute approximate surface area is 489 Å². The van der Waals surface area contributed by atoms with E-state index in [1.807, 2.05) is 21.1 Å². The van der Waals surface area contributed by atoms with Gasteiger partial charge in [0.2, 0.25) is 0 Å². The molecule has 0 aliphatic heterocycles. The molecule has 79 heavy (non-hydrogen) atoms. The van der Waals surface area contributed by atoms with Crippen LogP contribution in [0.25, 0.3) is 0 Å². The van der Waals surface area contributed by atoms with Gasteiger partial charge in [0, 0.05) is 12.8 Å². The normalized spacial score (nSPS) is 13.0. The highest BCUT2D eigenvalue weighted by Gasteiger charge is 2.25. The number of hydrogen-bond donors (Lipinski definition) is 1. The summed E-state index contributed by atoms with van der Waals surface area (Å²) >= 11 is 0. The van der Waals surface area contributed by atoms with E-state index in [1.54, 1.807) is 0 Å². The Kier molecular flexibility index (Phi) is 59.2. The molecule has 0 aromatic rings. The largest absolute Gasteiger partial charge is 0.477 e. The average Bonchev–Trinajstić information content (AvgIpc) is 3.42. The van der Waals surface area contributed by atoms with Crippen LogP contribution in [-0.4, -0.2) is 87.4 Å². The molecule has 0 bridgehead atoms. The van der Waals surface area contributed by atoms with E-state index >= 15 is 0 Å². The average molecular weight is 1110 g/mol. The molecule has 2 unspecified atom stereocenters. The lowest BCUT2D eigenvalue weighted by Crippen LogP contribution is -2.40. The van der Waals surface area contributed by atoms with Crippen molar-refractivity contribution in [3.63, 3.8) is 0 Å². The highest BCUT2D eigenvalue weighted by Crippen LogP contribution is 2.18. The van der Waals surface area contributed by atoms with Crippen molar-refractivity contribution in [3.8, 4) is 0 Å². The van der Waals surface area contributed by atoms with Crippen molar-refractivity contribution in [2.24, 2.45) is 0 Å². The van der Waals surface area contributed by atoms with Gasteiger partial charge in [-0.3, -0.25) is 9.59 Å². The number of allylic oxidation sites excluding steroid dienone is 8. The van der Waals surface area contributed by atoms with E-state index < -0.39 is 18.4 Å². The summed E-state index contributed by atoms with van der Waals surface area (Å²) in [6, 6.07) is 0. The van der Waals surface area contributed by atoms with Gasteiger partial charge in [0.05, 0.1) is 34.4 Å². The third kappa shape index (κ3) is 62.7. The van der Waals surface area contributed by atoms with Crippen LogP contribution in [0.3, 0.4) is 0 Å². The van der Waals surface area contributed by atoms with E-state index in [2.05, 4.69) is 62.5 Å². The molecule has 0 radical (unpaired) electrons. The summed E-state index contributed by atoms with van der Waals surface area (Å²) < 4.78 is 23.0. The van der Waals surface area contributed by atoms with E-state index in [0.717, 1.165) is 64.2 Å². The van der Waals surface area contributed by atoms with Crippen LogP contribution in [0.5, 0.6) is 0 Å². The monoisotopic (exact) mass is 1110 g/mol. The van der Waals surface area contributed by atoms with Crippen molar-refractivity contribution in [1.29, 1.82) is 0 Å². The van der Waals surface area contributed by atoms with Crippen molar-refractivity contribution in [2.45, 2.75) is 334 Å². The number of carbonyl (C=O) groups is 3. The topological polar surface area (TPSA) is 108 Å². The summed E-state index contributed by atoms with van der Waals surface area (Å²) in [6.45, 7) is 4.83. The third-order valence-corrected chi connectivity index (χ3v) is 15.1. The fourth-order valence-electron chi connectivity index (χ4n) is 9.95. The van der Waals surface area contributed by atoms with Crippen molar-refractivity contribution in [2.75, 3.05) is 47.5 Å². The summed E-state index contributed by atoms with van der Waals surface area (Å²) in [4.78, 5) is 37.6. The fraction of sp³-hybridized carbons (Fsp3) is 0.843. The number of carboxylic acids is 1. The minimum Gasteiger partial charge on any atom is -0.477 e. The molecule has 0 heterocycles. The predicted octanol–water partition coefficient (Wildman–Crippen LogP) is 20.6. The summed E-state index contributed by atoms with van der Waals surface area (Å²) in [5, 5.41) is 9.74. The summed E-state index contributed by atoms with van der Waals surface area (Å²) in [6.07, 6.45) is 75.0. The minimum absolute atomic E-state index is 0.176. The van der Waals surface area contributed by atoms with Crippen molar-refractivity contribution >= 4 is 17.9 Å². The molecule has 2 atom stereocenters. The lowest BCUT2D eigenvalue weighted by atomic mass is 10.0. The molecular formula is C70H130NO8+. The summed E-state index contributed by atoms with van der Waals surface area (Å²) in [7, 11) is 5.99. The number of nitrogens with zero attached hydrogens (tertiary/aromatic N) is 1. The van der Waals surface area contributed by atoms with Crippen LogP contribution in [0.4, 0.5) is 0 Å².